The molecule has 8 nitrogen and oxygen atoms in total. The molecule has 19 heavy (non-hydrogen) atoms. The Morgan fingerprint density at radius 3 is 2.89 bits per heavy atom. The van der Waals surface area contributed by atoms with Crippen LogP contribution in [0.5, 0.6) is 0 Å². The summed E-state index contributed by atoms with van der Waals surface area (Å²) in [6, 6.07) is 1.67. The molecule has 1 aliphatic rings. The van der Waals surface area contributed by atoms with Crippen molar-refractivity contribution in [3.05, 3.63) is 24.3 Å². The maximum absolute atomic E-state index is 9.86. The Morgan fingerprint density at radius 1 is 1.42 bits per heavy atom. The van der Waals surface area contributed by atoms with Crippen LogP contribution in [-0.4, -0.2) is 48.7 Å². The van der Waals surface area contributed by atoms with Gasteiger partial charge >= 0.3 is 0 Å². The predicted molar refractivity (Wildman–Crippen MR) is 65.8 cm³/mol. The van der Waals surface area contributed by atoms with Crippen molar-refractivity contribution < 1.29 is 20.1 Å². The van der Waals surface area contributed by atoms with E-state index in [4.69, 9.17) is 15.6 Å². The Morgan fingerprint density at radius 2 is 2.21 bits per heavy atom. The lowest BCUT2D eigenvalue weighted by Crippen LogP contribution is -2.27. The van der Waals surface area contributed by atoms with Gasteiger partial charge in [-0.2, -0.15) is 0 Å². The number of nitrogen functional groups attached to an aromatic ring is 1. The second-order valence-electron chi connectivity index (χ2n) is 4.16. The monoisotopic (exact) mass is 264 g/mol. The van der Waals surface area contributed by atoms with Crippen LogP contribution in [0.4, 0.5) is 5.82 Å². The molecule has 2 atom stereocenters. The normalized spacial score (nSPS) is 23.1. The van der Waals surface area contributed by atoms with E-state index in [1.165, 1.54) is 10.9 Å². The summed E-state index contributed by atoms with van der Waals surface area (Å²) in [7, 11) is 0. The number of ether oxygens (including phenoxy) is 1. The van der Waals surface area contributed by atoms with Crippen molar-refractivity contribution in [1.29, 1.82) is 0 Å². The van der Waals surface area contributed by atoms with Crippen LogP contribution in [0.3, 0.4) is 0 Å². The fourth-order valence-corrected chi connectivity index (χ4v) is 2.02. The third-order valence-electron chi connectivity index (χ3n) is 3.03. The summed E-state index contributed by atoms with van der Waals surface area (Å²) in [6.07, 6.45) is 0.720. The second kappa shape index (κ2) is 4.11. The highest BCUT2D eigenvalue weighted by Gasteiger charge is 2.36. The van der Waals surface area contributed by atoms with Crippen LogP contribution in [-0.2, 0) is 4.74 Å². The SMILES string of the molecule is Nc1ncnc2c1ccn2C1=C(O)[C@H](O)[C@@H](CO)O1. The first-order valence-electron chi connectivity index (χ1n) is 5.60. The van der Waals surface area contributed by atoms with E-state index in [1.54, 1.807) is 12.3 Å². The zero-order valence-electron chi connectivity index (χ0n) is 9.76. The summed E-state index contributed by atoms with van der Waals surface area (Å²) in [5.74, 6) is -0.0190. The lowest BCUT2D eigenvalue weighted by molar-refractivity contribution is 0.0140. The number of hydrogen-bond donors (Lipinski definition) is 4. The van der Waals surface area contributed by atoms with Gasteiger partial charge < -0.3 is 25.8 Å². The number of aliphatic hydroxyl groups excluding tert-OH is 3. The van der Waals surface area contributed by atoms with Crippen LogP contribution in [0.2, 0.25) is 0 Å². The zero-order valence-corrected chi connectivity index (χ0v) is 9.76. The first kappa shape index (κ1) is 11.8. The maximum Gasteiger partial charge on any atom is 0.241 e. The van der Waals surface area contributed by atoms with E-state index in [1.807, 2.05) is 0 Å². The highest BCUT2D eigenvalue weighted by Crippen LogP contribution is 2.30. The van der Waals surface area contributed by atoms with Crippen molar-refractivity contribution in [2.45, 2.75) is 12.2 Å². The number of fused-ring (bicyclic) bond motifs is 1. The smallest absolute Gasteiger partial charge is 0.241 e. The third kappa shape index (κ3) is 1.61. The maximum atomic E-state index is 9.86. The van der Waals surface area contributed by atoms with Crippen LogP contribution < -0.4 is 5.73 Å². The van der Waals surface area contributed by atoms with Crippen LogP contribution >= 0.6 is 0 Å². The molecule has 3 rings (SSSR count). The van der Waals surface area contributed by atoms with Crippen molar-refractivity contribution in [3.8, 4) is 0 Å². The molecule has 0 spiro atoms. The van der Waals surface area contributed by atoms with Gasteiger partial charge in [-0.15, -0.1) is 0 Å². The fraction of sp³-hybridized carbons (Fsp3) is 0.273. The number of nitrogens with two attached hydrogens (primary N) is 1. The predicted octanol–water partition coefficient (Wildman–Crippen LogP) is -0.550. The van der Waals surface area contributed by atoms with Crippen LogP contribution in [0, 0.1) is 0 Å². The lowest BCUT2D eigenvalue weighted by Gasteiger charge is -2.12. The molecule has 0 bridgehead atoms. The Labute approximate surface area is 107 Å². The molecule has 0 amide bonds. The Balaban J connectivity index is 2.13. The summed E-state index contributed by atoms with van der Waals surface area (Å²) >= 11 is 0. The van der Waals surface area contributed by atoms with Crippen molar-refractivity contribution in [1.82, 2.24) is 14.5 Å². The van der Waals surface area contributed by atoms with Crippen LogP contribution in [0.15, 0.2) is 24.3 Å². The fourth-order valence-electron chi connectivity index (χ4n) is 2.02. The van der Waals surface area contributed by atoms with Crippen LogP contribution in [0.25, 0.3) is 16.9 Å². The molecule has 0 aliphatic carbocycles. The molecule has 100 valence electrons. The minimum atomic E-state index is -1.27. The van der Waals surface area contributed by atoms with Gasteiger partial charge in [0.2, 0.25) is 5.88 Å². The van der Waals surface area contributed by atoms with E-state index in [0.29, 0.717) is 16.9 Å². The second-order valence-corrected chi connectivity index (χ2v) is 4.16. The summed E-state index contributed by atoms with van der Waals surface area (Å²) < 4.78 is 6.76. The van der Waals surface area contributed by atoms with Gasteiger partial charge in [-0.25, -0.2) is 9.97 Å². The third-order valence-corrected chi connectivity index (χ3v) is 3.03. The number of aliphatic hydroxyl groups is 3. The largest absolute Gasteiger partial charge is 0.505 e. The van der Waals surface area contributed by atoms with Gasteiger partial charge in [-0.05, 0) is 6.07 Å². The molecule has 8 heteroatoms. The topological polar surface area (TPSA) is 127 Å². The van der Waals surface area contributed by atoms with Gasteiger partial charge in [-0.1, -0.05) is 0 Å². The highest BCUT2D eigenvalue weighted by atomic mass is 16.5. The van der Waals surface area contributed by atoms with E-state index in [2.05, 4.69) is 9.97 Å². The number of anilines is 1. The van der Waals surface area contributed by atoms with E-state index in [9.17, 15) is 10.2 Å². The molecular formula is C11H12N4O4. The Hall–Kier alpha value is -2.32. The summed E-state index contributed by atoms with van der Waals surface area (Å²) in [5, 5.41) is 29.2. The van der Waals surface area contributed by atoms with Crippen molar-refractivity contribution in [3.63, 3.8) is 0 Å². The van der Waals surface area contributed by atoms with Crippen molar-refractivity contribution >= 4 is 22.7 Å². The van der Waals surface area contributed by atoms with Gasteiger partial charge in [0.15, 0.2) is 23.6 Å². The van der Waals surface area contributed by atoms with E-state index in [0.717, 1.165) is 0 Å². The number of hydrogen-bond acceptors (Lipinski definition) is 7. The van der Waals surface area contributed by atoms with E-state index in [-0.39, 0.29) is 11.6 Å². The molecule has 3 heterocycles. The molecule has 0 saturated carbocycles. The first-order chi connectivity index (χ1) is 9.13. The summed E-state index contributed by atoms with van der Waals surface area (Å²) in [5.41, 5.74) is 6.15. The quantitative estimate of drug-likeness (QED) is 0.573. The van der Waals surface area contributed by atoms with Crippen molar-refractivity contribution in [2.24, 2.45) is 0 Å². The van der Waals surface area contributed by atoms with Gasteiger partial charge in [-0.3, -0.25) is 4.57 Å². The van der Waals surface area contributed by atoms with Gasteiger partial charge in [0.1, 0.15) is 12.1 Å². The van der Waals surface area contributed by atoms with Gasteiger partial charge in [0, 0.05) is 6.20 Å². The van der Waals surface area contributed by atoms with E-state index < -0.39 is 18.8 Å². The van der Waals surface area contributed by atoms with Crippen LogP contribution in [0.1, 0.15) is 0 Å². The summed E-state index contributed by atoms with van der Waals surface area (Å²) in [4.78, 5) is 7.92. The van der Waals surface area contributed by atoms with Gasteiger partial charge in [0.05, 0.1) is 12.0 Å². The molecule has 0 aromatic carbocycles. The minimum absolute atomic E-state index is 0.0275. The molecule has 2 aromatic heterocycles. The minimum Gasteiger partial charge on any atom is -0.505 e. The highest BCUT2D eigenvalue weighted by molar-refractivity contribution is 5.88. The molecule has 0 fully saturated rings. The average molecular weight is 264 g/mol. The Kier molecular flexibility index (Phi) is 2.54. The van der Waals surface area contributed by atoms with E-state index >= 15 is 0 Å². The molecule has 5 N–H and O–H groups in total. The molecule has 1 aliphatic heterocycles. The first-order valence-corrected chi connectivity index (χ1v) is 5.60. The molecule has 2 aromatic rings. The summed E-state index contributed by atoms with van der Waals surface area (Å²) in [6.45, 7) is -0.412. The van der Waals surface area contributed by atoms with Gasteiger partial charge in [0.25, 0.3) is 0 Å². The lowest BCUT2D eigenvalue weighted by atomic mass is 10.2. The molecular weight excluding hydrogens is 252 g/mol. The number of rotatable bonds is 2. The Bertz CT molecular complexity index is 666. The molecule has 0 unspecified atom stereocenters. The number of nitrogens with zero attached hydrogens (tertiary/aromatic N) is 3. The molecule has 0 radical (unpaired) electrons. The number of aromatic nitrogens is 3. The zero-order chi connectivity index (χ0) is 13.6. The average Bonchev–Trinajstić information content (AvgIpc) is 2.94. The standard InChI is InChI=1S/C11H12N4O4/c12-9-5-1-2-15(10(5)14-4-13-9)11-8(18)7(17)6(3-16)19-11/h1-2,4,6-7,16-18H,3H2,(H2,12,13,14)/t6-,7-/m1/s1. The van der Waals surface area contributed by atoms with Crippen molar-refractivity contribution in [2.75, 3.05) is 12.3 Å². The molecule has 0 saturated heterocycles.